The van der Waals surface area contributed by atoms with E-state index in [4.69, 9.17) is 4.99 Å². The summed E-state index contributed by atoms with van der Waals surface area (Å²) in [4.78, 5) is 10.9. The number of hydrogen-bond acceptors (Lipinski definition) is 3. The number of rotatable bonds is 3. The number of amidine groups is 1. The van der Waals surface area contributed by atoms with Crippen LogP contribution in [-0.2, 0) is 6.18 Å². The summed E-state index contributed by atoms with van der Waals surface area (Å²) in [5, 5.41) is 0.764. The van der Waals surface area contributed by atoms with Gasteiger partial charge in [0.25, 0.3) is 0 Å². The molecule has 1 fully saturated rings. The molecule has 28 heavy (non-hydrogen) atoms. The van der Waals surface area contributed by atoms with E-state index in [9.17, 15) is 13.2 Å². The zero-order valence-electron chi connectivity index (χ0n) is 16.4. The van der Waals surface area contributed by atoms with Crippen LogP contribution in [0.15, 0.2) is 47.6 Å². The van der Waals surface area contributed by atoms with Crippen LogP contribution in [0.2, 0.25) is 0 Å². The van der Waals surface area contributed by atoms with Gasteiger partial charge in [-0.2, -0.15) is 13.2 Å². The largest absolute Gasteiger partial charge is 0.417 e. The van der Waals surface area contributed by atoms with Crippen molar-refractivity contribution in [3.63, 3.8) is 0 Å². The van der Waals surface area contributed by atoms with Gasteiger partial charge < -0.3 is 4.90 Å². The number of benzene rings is 1. The summed E-state index contributed by atoms with van der Waals surface area (Å²) in [6.45, 7) is 9.14. The van der Waals surface area contributed by atoms with Crippen molar-refractivity contribution in [1.82, 2.24) is 4.98 Å². The fourth-order valence-electron chi connectivity index (χ4n) is 3.04. The third-order valence-electron chi connectivity index (χ3n) is 4.54. The van der Waals surface area contributed by atoms with E-state index in [0.717, 1.165) is 34.4 Å². The Balaban J connectivity index is 2.00. The highest BCUT2D eigenvalue weighted by Crippen LogP contribution is 2.37. The van der Waals surface area contributed by atoms with Gasteiger partial charge >= 0.3 is 6.18 Å². The van der Waals surface area contributed by atoms with Gasteiger partial charge in [-0.1, -0.05) is 57.7 Å². The lowest BCUT2D eigenvalue weighted by molar-refractivity contribution is -0.137. The van der Waals surface area contributed by atoms with Gasteiger partial charge in [-0.15, -0.1) is 0 Å². The summed E-state index contributed by atoms with van der Waals surface area (Å²) in [5.41, 5.74) is 1.27. The van der Waals surface area contributed by atoms with Gasteiger partial charge in [0, 0.05) is 18.5 Å². The van der Waals surface area contributed by atoms with Crippen LogP contribution in [0.4, 0.5) is 24.7 Å². The highest BCUT2D eigenvalue weighted by molar-refractivity contribution is 8.14. The Morgan fingerprint density at radius 3 is 2.46 bits per heavy atom. The molecule has 0 atom stereocenters. The van der Waals surface area contributed by atoms with Crippen LogP contribution in [0.3, 0.4) is 0 Å². The van der Waals surface area contributed by atoms with Gasteiger partial charge in [0.1, 0.15) is 5.82 Å². The molecule has 1 aliphatic rings. The highest BCUT2D eigenvalue weighted by Gasteiger charge is 2.34. The summed E-state index contributed by atoms with van der Waals surface area (Å²) < 4.78 is 38.7. The monoisotopic (exact) mass is 407 g/mol. The normalized spacial score (nSPS) is 18.7. The Morgan fingerprint density at radius 1 is 1.14 bits per heavy atom. The van der Waals surface area contributed by atoms with Crippen molar-refractivity contribution in [3.8, 4) is 0 Å². The second kappa shape index (κ2) is 7.78. The van der Waals surface area contributed by atoms with E-state index in [1.165, 1.54) is 6.07 Å². The number of pyridine rings is 1. The number of anilines is 1. The zero-order valence-corrected chi connectivity index (χ0v) is 17.2. The van der Waals surface area contributed by atoms with Gasteiger partial charge in [0.15, 0.2) is 5.17 Å². The quantitative estimate of drug-likeness (QED) is 0.582. The third kappa shape index (κ3) is 4.69. The number of para-hydroxylation sites is 1. The lowest BCUT2D eigenvalue weighted by atomic mass is 9.95. The van der Waals surface area contributed by atoms with Gasteiger partial charge in [-0.3, -0.25) is 0 Å². The van der Waals surface area contributed by atoms with Crippen molar-refractivity contribution in [2.24, 2.45) is 10.4 Å². The van der Waals surface area contributed by atoms with Crippen molar-refractivity contribution in [3.05, 3.63) is 53.7 Å². The molecule has 0 amide bonds. The number of aliphatic imine (C=N–C) groups is 1. The minimum Gasteiger partial charge on any atom is -0.305 e. The number of thioether (sulfide) groups is 1. The summed E-state index contributed by atoms with van der Waals surface area (Å²) in [7, 11) is 0. The van der Waals surface area contributed by atoms with Crippen LogP contribution in [0, 0.1) is 5.41 Å². The molecule has 0 bridgehead atoms. The first kappa shape index (κ1) is 20.7. The number of nitrogens with zero attached hydrogens (tertiary/aromatic N) is 3. The number of alkyl halides is 3. The molecule has 1 saturated heterocycles. The van der Waals surface area contributed by atoms with Crippen molar-refractivity contribution in [2.45, 2.75) is 39.8 Å². The maximum absolute atomic E-state index is 12.9. The van der Waals surface area contributed by atoms with Gasteiger partial charge in [-0.25, -0.2) is 9.98 Å². The van der Waals surface area contributed by atoms with Crippen LogP contribution < -0.4 is 4.90 Å². The Bertz CT molecular complexity index is 858. The molecular formula is C21H24F3N3S. The van der Waals surface area contributed by atoms with Crippen LogP contribution >= 0.6 is 11.8 Å². The SMILES string of the molecule is CC(C)c1ccccc1N=C1SCC(C)(C)CN1c1ccc(C(F)(F)F)cn1. The molecular weight excluding hydrogens is 383 g/mol. The number of aromatic nitrogens is 1. The summed E-state index contributed by atoms with van der Waals surface area (Å²) in [5.74, 6) is 1.68. The second-order valence-electron chi connectivity index (χ2n) is 8.05. The van der Waals surface area contributed by atoms with E-state index in [1.807, 2.05) is 23.1 Å². The van der Waals surface area contributed by atoms with Crippen LogP contribution in [-0.4, -0.2) is 22.4 Å². The predicted octanol–water partition coefficient (Wildman–Crippen LogP) is 6.49. The minimum absolute atomic E-state index is 0.00830. The first-order chi connectivity index (χ1) is 13.1. The standard InChI is InChI=1S/C21H24F3N3S/c1-14(2)16-7-5-6-8-17(16)26-19-27(12-20(3,4)13-28-19)18-10-9-15(11-25-18)21(22,23)24/h5-11,14H,12-13H2,1-4H3. The first-order valence-electron chi connectivity index (χ1n) is 9.18. The lowest BCUT2D eigenvalue weighted by Gasteiger charge is -2.38. The molecule has 1 aliphatic heterocycles. The molecule has 2 heterocycles. The third-order valence-corrected chi connectivity index (χ3v) is 6.03. The fraction of sp³-hybridized carbons (Fsp3) is 0.429. The van der Waals surface area contributed by atoms with Crippen LogP contribution in [0.5, 0.6) is 0 Å². The van der Waals surface area contributed by atoms with E-state index in [1.54, 1.807) is 11.8 Å². The second-order valence-corrected chi connectivity index (χ2v) is 8.99. The Kier molecular flexibility index (Phi) is 5.75. The Hall–Kier alpha value is -2.02. The van der Waals surface area contributed by atoms with E-state index < -0.39 is 11.7 Å². The molecule has 2 aromatic rings. The molecule has 0 aliphatic carbocycles. The summed E-state index contributed by atoms with van der Waals surface area (Å²) in [6.07, 6.45) is -3.50. The Labute approximate surface area is 168 Å². The molecule has 3 nitrogen and oxygen atoms in total. The van der Waals surface area contributed by atoms with Crippen molar-refractivity contribution >= 4 is 28.4 Å². The van der Waals surface area contributed by atoms with Crippen molar-refractivity contribution in [2.75, 3.05) is 17.2 Å². The molecule has 0 saturated carbocycles. The lowest BCUT2D eigenvalue weighted by Crippen LogP contribution is -2.44. The molecule has 7 heteroatoms. The van der Waals surface area contributed by atoms with Crippen LogP contribution in [0.1, 0.15) is 44.7 Å². The van der Waals surface area contributed by atoms with Gasteiger partial charge in [0.05, 0.1) is 11.3 Å². The summed E-state index contributed by atoms with van der Waals surface area (Å²) in [6, 6.07) is 10.5. The molecule has 3 rings (SSSR count). The molecule has 0 unspecified atom stereocenters. The number of halogens is 3. The minimum atomic E-state index is -4.39. The maximum atomic E-state index is 12.9. The topological polar surface area (TPSA) is 28.5 Å². The average Bonchev–Trinajstić information content (AvgIpc) is 2.62. The first-order valence-corrected chi connectivity index (χ1v) is 10.2. The average molecular weight is 408 g/mol. The Morgan fingerprint density at radius 2 is 1.86 bits per heavy atom. The van der Waals surface area contributed by atoms with E-state index in [0.29, 0.717) is 18.3 Å². The maximum Gasteiger partial charge on any atom is 0.417 e. The van der Waals surface area contributed by atoms with Crippen LogP contribution in [0.25, 0.3) is 0 Å². The fourth-order valence-corrected chi connectivity index (χ4v) is 4.13. The van der Waals surface area contributed by atoms with E-state index in [-0.39, 0.29) is 5.41 Å². The van der Waals surface area contributed by atoms with Gasteiger partial charge in [0.2, 0.25) is 0 Å². The molecule has 1 aromatic heterocycles. The highest BCUT2D eigenvalue weighted by atomic mass is 32.2. The predicted molar refractivity (Wildman–Crippen MR) is 110 cm³/mol. The van der Waals surface area contributed by atoms with Crippen molar-refractivity contribution in [1.29, 1.82) is 0 Å². The van der Waals surface area contributed by atoms with Crippen molar-refractivity contribution < 1.29 is 13.2 Å². The summed E-state index contributed by atoms with van der Waals surface area (Å²) >= 11 is 1.61. The molecule has 0 radical (unpaired) electrons. The molecule has 1 aromatic carbocycles. The molecule has 0 spiro atoms. The van der Waals surface area contributed by atoms with E-state index in [2.05, 4.69) is 38.7 Å². The number of hydrogen-bond donors (Lipinski definition) is 0. The molecule has 150 valence electrons. The van der Waals surface area contributed by atoms with Gasteiger partial charge in [-0.05, 0) is 35.1 Å². The van der Waals surface area contributed by atoms with E-state index >= 15 is 0 Å². The smallest absolute Gasteiger partial charge is 0.305 e. The zero-order chi connectivity index (χ0) is 20.5. The molecule has 0 N–H and O–H groups in total.